The maximum atomic E-state index is 12.3. The molecule has 1 aromatic carbocycles. The van der Waals surface area contributed by atoms with E-state index in [0.29, 0.717) is 10.7 Å². The normalized spacial score (nSPS) is 11.7. The van der Waals surface area contributed by atoms with Gasteiger partial charge in [0.25, 0.3) is 5.91 Å². The molecule has 0 aliphatic rings. The number of aromatic nitrogens is 2. The maximum Gasteiger partial charge on any atom is 0.266 e. The Morgan fingerprint density at radius 2 is 2.09 bits per heavy atom. The van der Waals surface area contributed by atoms with E-state index in [0.717, 1.165) is 10.1 Å². The Morgan fingerprint density at radius 1 is 1.30 bits per heavy atom. The number of aryl methyl sites for hydroxylation is 1. The van der Waals surface area contributed by atoms with E-state index in [-0.39, 0.29) is 18.2 Å². The molecule has 1 N–H and O–H groups in total. The van der Waals surface area contributed by atoms with Gasteiger partial charge in [-0.15, -0.1) is 11.3 Å². The van der Waals surface area contributed by atoms with Crippen LogP contribution in [0.4, 0.5) is 5.82 Å². The van der Waals surface area contributed by atoms with Crippen molar-refractivity contribution in [2.24, 2.45) is 0 Å². The van der Waals surface area contributed by atoms with E-state index in [2.05, 4.69) is 10.4 Å². The molecule has 0 radical (unpaired) electrons. The quantitative estimate of drug-likeness (QED) is 0.767. The third-order valence-corrected chi connectivity index (χ3v) is 5.26. The Bertz CT molecular complexity index is 924. The van der Waals surface area contributed by atoms with E-state index in [4.69, 9.17) is 0 Å². The highest BCUT2D eigenvalue weighted by atomic mass is 32.2. The van der Waals surface area contributed by atoms with Gasteiger partial charge in [0.05, 0.1) is 17.2 Å². The fraction of sp³-hybridized carbons (Fsp3) is 0.200. The molecule has 0 spiro atoms. The van der Waals surface area contributed by atoms with E-state index in [1.807, 2.05) is 30.3 Å². The average molecular weight is 349 g/mol. The molecule has 3 rings (SSSR count). The van der Waals surface area contributed by atoms with E-state index in [9.17, 15) is 13.2 Å². The van der Waals surface area contributed by atoms with Crippen molar-refractivity contribution in [1.29, 1.82) is 0 Å². The number of carbonyl (C=O) groups excluding carboxylic acids is 1. The lowest BCUT2D eigenvalue weighted by Gasteiger charge is -2.00. The summed E-state index contributed by atoms with van der Waals surface area (Å²) >= 11 is 1.42. The third kappa shape index (κ3) is 3.96. The molecule has 8 heteroatoms. The van der Waals surface area contributed by atoms with E-state index in [1.165, 1.54) is 22.3 Å². The van der Waals surface area contributed by atoms with Crippen LogP contribution in [0, 0.1) is 0 Å². The number of carbonyl (C=O) groups is 1. The zero-order chi connectivity index (χ0) is 16.4. The number of benzene rings is 1. The highest BCUT2D eigenvalue weighted by Gasteiger charge is 2.12. The number of sulfone groups is 1. The number of amides is 1. The summed E-state index contributed by atoms with van der Waals surface area (Å²) in [5, 5.41) is 7.91. The monoisotopic (exact) mass is 349 g/mol. The molecule has 0 unspecified atom stereocenters. The summed E-state index contributed by atoms with van der Waals surface area (Å²) in [4.78, 5) is 12.9. The van der Waals surface area contributed by atoms with Crippen molar-refractivity contribution in [3.05, 3.63) is 47.5 Å². The summed E-state index contributed by atoms with van der Waals surface area (Å²) in [6.07, 6.45) is 2.83. The van der Waals surface area contributed by atoms with Crippen LogP contribution < -0.4 is 5.32 Å². The van der Waals surface area contributed by atoms with Gasteiger partial charge in [0.15, 0.2) is 5.82 Å². The molecule has 1 amide bonds. The first-order valence-corrected chi connectivity index (χ1v) is 9.79. The first-order chi connectivity index (χ1) is 10.9. The van der Waals surface area contributed by atoms with Crippen LogP contribution in [0.1, 0.15) is 9.67 Å². The molecule has 3 aromatic rings. The Balaban J connectivity index is 1.69. The van der Waals surface area contributed by atoms with Gasteiger partial charge in [-0.25, -0.2) is 8.42 Å². The van der Waals surface area contributed by atoms with Gasteiger partial charge in [-0.3, -0.25) is 9.48 Å². The van der Waals surface area contributed by atoms with Crippen molar-refractivity contribution in [2.45, 2.75) is 6.54 Å². The second kappa shape index (κ2) is 6.13. The van der Waals surface area contributed by atoms with E-state index >= 15 is 0 Å². The number of thiophene rings is 1. The molecule has 0 bridgehead atoms. The van der Waals surface area contributed by atoms with Crippen LogP contribution in [0.2, 0.25) is 0 Å². The lowest BCUT2D eigenvalue weighted by atomic mass is 10.2. The lowest BCUT2D eigenvalue weighted by molar-refractivity contribution is 0.103. The molecule has 2 heterocycles. The molecule has 0 aliphatic carbocycles. The van der Waals surface area contributed by atoms with Gasteiger partial charge in [0.1, 0.15) is 9.84 Å². The Morgan fingerprint density at radius 3 is 2.83 bits per heavy atom. The number of hydrogen-bond acceptors (Lipinski definition) is 5. The minimum absolute atomic E-state index is 0.0123. The molecule has 2 aromatic heterocycles. The van der Waals surface area contributed by atoms with Gasteiger partial charge in [-0.2, -0.15) is 5.10 Å². The molecular weight excluding hydrogens is 334 g/mol. The van der Waals surface area contributed by atoms with Crippen molar-refractivity contribution < 1.29 is 13.2 Å². The molecule has 0 atom stereocenters. The van der Waals surface area contributed by atoms with Crippen molar-refractivity contribution in [2.75, 3.05) is 17.3 Å². The molecule has 6 nitrogen and oxygen atoms in total. The molecule has 120 valence electrons. The third-order valence-electron chi connectivity index (χ3n) is 3.22. The molecule has 0 saturated heterocycles. The minimum Gasteiger partial charge on any atom is -0.304 e. The predicted molar refractivity (Wildman–Crippen MR) is 91.7 cm³/mol. The molecule has 0 aliphatic heterocycles. The smallest absolute Gasteiger partial charge is 0.266 e. The molecular formula is C15H15N3O3S2. The molecule has 23 heavy (non-hydrogen) atoms. The van der Waals surface area contributed by atoms with Gasteiger partial charge in [0, 0.05) is 23.2 Å². The van der Waals surface area contributed by atoms with Crippen LogP contribution in [-0.2, 0) is 16.4 Å². The Hall–Kier alpha value is -2.19. The topological polar surface area (TPSA) is 81.1 Å². The zero-order valence-electron chi connectivity index (χ0n) is 12.4. The molecule has 0 fully saturated rings. The number of anilines is 1. The SMILES string of the molecule is CS(=O)(=O)CCn1ccc(NC(=O)c2cc3ccccc3s2)n1. The van der Waals surface area contributed by atoms with Crippen LogP contribution in [0.25, 0.3) is 10.1 Å². The summed E-state index contributed by atoms with van der Waals surface area (Å²) in [7, 11) is -3.04. The van der Waals surface area contributed by atoms with Crippen LogP contribution >= 0.6 is 11.3 Å². The fourth-order valence-corrected chi connectivity index (χ4v) is 3.56. The van der Waals surface area contributed by atoms with Gasteiger partial charge in [-0.05, 0) is 17.5 Å². The average Bonchev–Trinajstić information content (AvgIpc) is 3.10. The Labute approximate surface area is 137 Å². The highest BCUT2D eigenvalue weighted by Crippen LogP contribution is 2.25. The summed E-state index contributed by atoms with van der Waals surface area (Å²) in [6, 6.07) is 11.3. The maximum absolute atomic E-state index is 12.3. The zero-order valence-corrected chi connectivity index (χ0v) is 14.0. The van der Waals surface area contributed by atoms with Crippen molar-refractivity contribution >= 4 is 43.0 Å². The lowest BCUT2D eigenvalue weighted by Crippen LogP contribution is -2.13. The second-order valence-electron chi connectivity index (χ2n) is 5.20. The van der Waals surface area contributed by atoms with Gasteiger partial charge < -0.3 is 5.32 Å². The number of rotatable bonds is 5. The van der Waals surface area contributed by atoms with E-state index in [1.54, 1.807) is 12.3 Å². The van der Waals surface area contributed by atoms with Crippen LogP contribution in [-0.4, -0.2) is 36.1 Å². The summed E-state index contributed by atoms with van der Waals surface area (Å²) in [5.74, 6) is 0.193. The second-order valence-corrected chi connectivity index (χ2v) is 8.54. The van der Waals surface area contributed by atoms with Crippen LogP contribution in [0.3, 0.4) is 0 Å². The number of hydrogen-bond donors (Lipinski definition) is 1. The minimum atomic E-state index is -3.04. The summed E-state index contributed by atoms with van der Waals surface area (Å²) in [6.45, 7) is 0.261. The van der Waals surface area contributed by atoms with Crippen LogP contribution in [0.15, 0.2) is 42.6 Å². The summed E-state index contributed by atoms with van der Waals surface area (Å²) < 4.78 is 24.9. The first-order valence-electron chi connectivity index (χ1n) is 6.92. The van der Waals surface area contributed by atoms with Crippen molar-refractivity contribution in [3.8, 4) is 0 Å². The molecule has 0 saturated carbocycles. The van der Waals surface area contributed by atoms with Gasteiger partial charge in [0.2, 0.25) is 0 Å². The van der Waals surface area contributed by atoms with Crippen molar-refractivity contribution in [3.63, 3.8) is 0 Å². The number of fused-ring (bicyclic) bond motifs is 1. The van der Waals surface area contributed by atoms with Gasteiger partial charge >= 0.3 is 0 Å². The van der Waals surface area contributed by atoms with Crippen molar-refractivity contribution in [1.82, 2.24) is 9.78 Å². The standard InChI is InChI=1S/C15H15N3O3S2/c1-23(20,21)9-8-18-7-6-14(17-18)16-15(19)13-10-11-4-2-3-5-12(11)22-13/h2-7,10H,8-9H2,1H3,(H,16,17,19). The predicted octanol–water partition coefficient (Wildman–Crippen LogP) is 2.39. The van der Waals surface area contributed by atoms with E-state index < -0.39 is 9.84 Å². The fourth-order valence-electron chi connectivity index (χ4n) is 2.08. The van der Waals surface area contributed by atoms with Gasteiger partial charge in [-0.1, -0.05) is 18.2 Å². The number of nitrogens with zero attached hydrogens (tertiary/aromatic N) is 2. The first kappa shape index (κ1) is 15.7. The summed E-state index contributed by atoms with van der Waals surface area (Å²) in [5.41, 5.74) is 0. The number of nitrogens with one attached hydrogen (secondary N) is 1. The largest absolute Gasteiger partial charge is 0.304 e. The highest BCUT2D eigenvalue weighted by molar-refractivity contribution is 7.90. The Kier molecular flexibility index (Phi) is 4.18. The van der Waals surface area contributed by atoms with Crippen LogP contribution in [0.5, 0.6) is 0 Å².